The topological polar surface area (TPSA) is 39.6 Å². The molecule has 1 unspecified atom stereocenters. The SMILES string of the molecule is OCc1cc(N2CCN3CCCC3C2)c2ccccc2n1. The molecule has 0 aliphatic carbocycles. The van der Waals surface area contributed by atoms with Crippen LogP contribution in [0.5, 0.6) is 0 Å². The minimum absolute atomic E-state index is 0.00122. The van der Waals surface area contributed by atoms with E-state index in [4.69, 9.17) is 0 Å². The lowest BCUT2D eigenvalue weighted by molar-refractivity contribution is 0.231. The van der Waals surface area contributed by atoms with Crippen molar-refractivity contribution in [1.29, 1.82) is 0 Å². The summed E-state index contributed by atoms with van der Waals surface area (Å²) < 4.78 is 0. The van der Waals surface area contributed by atoms with Gasteiger partial charge in [0.15, 0.2) is 0 Å². The molecule has 110 valence electrons. The molecule has 2 aliphatic heterocycles. The number of rotatable bonds is 2. The van der Waals surface area contributed by atoms with Crippen LogP contribution in [0.25, 0.3) is 10.9 Å². The van der Waals surface area contributed by atoms with Crippen LogP contribution in [0.4, 0.5) is 5.69 Å². The quantitative estimate of drug-likeness (QED) is 0.915. The molecule has 1 aromatic carbocycles. The van der Waals surface area contributed by atoms with Crippen LogP contribution in [0, 0.1) is 0 Å². The molecular weight excluding hydrogens is 262 g/mol. The second kappa shape index (κ2) is 5.28. The van der Waals surface area contributed by atoms with Gasteiger partial charge in [-0.05, 0) is 31.5 Å². The highest BCUT2D eigenvalue weighted by atomic mass is 16.3. The average Bonchev–Trinajstić information content (AvgIpc) is 3.01. The fourth-order valence-electron chi connectivity index (χ4n) is 3.76. The third-order valence-corrected chi connectivity index (χ3v) is 4.84. The number of pyridine rings is 1. The van der Waals surface area contributed by atoms with Gasteiger partial charge in [0.05, 0.1) is 17.8 Å². The summed E-state index contributed by atoms with van der Waals surface area (Å²) in [6, 6.07) is 11.0. The van der Waals surface area contributed by atoms with E-state index in [0.29, 0.717) is 6.04 Å². The van der Waals surface area contributed by atoms with Gasteiger partial charge >= 0.3 is 0 Å². The largest absolute Gasteiger partial charge is 0.390 e. The molecule has 2 fully saturated rings. The van der Waals surface area contributed by atoms with Gasteiger partial charge in [0, 0.05) is 36.7 Å². The van der Waals surface area contributed by atoms with E-state index in [1.54, 1.807) is 0 Å². The van der Waals surface area contributed by atoms with E-state index in [0.717, 1.165) is 30.8 Å². The lowest BCUT2D eigenvalue weighted by atomic mass is 10.1. The summed E-state index contributed by atoms with van der Waals surface area (Å²) in [5, 5.41) is 10.7. The van der Waals surface area contributed by atoms with Crippen LogP contribution in [0.15, 0.2) is 30.3 Å². The number of fused-ring (bicyclic) bond motifs is 2. The van der Waals surface area contributed by atoms with Gasteiger partial charge in [-0.15, -0.1) is 0 Å². The second-order valence-corrected chi connectivity index (χ2v) is 6.09. The third kappa shape index (κ3) is 2.28. The smallest absolute Gasteiger partial charge is 0.0854 e. The van der Waals surface area contributed by atoms with Crippen molar-refractivity contribution in [1.82, 2.24) is 9.88 Å². The number of aliphatic hydroxyl groups excluding tert-OH is 1. The Bertz CT molecular complexity index is 658. The zero-order valence-corrected chi connectivity index (χ0v) is 12.2. The Hall–Kier alpha value is -1.65. The molecule has 0 amide bonds. The van der Waals surface area contributed by atoms with Gasteiger partial charge in [-0.3, -0.25) is 9.88 Å². The van der Waals surface area contributed by atoms with E-state index < -0.39 is 0 Å². The summed E-state index contributed by atoms with van der Waals surface area (Å²) in [7, 11) is 0. The van der Waals surface area contributed by atoms with Gasteiger partial charge in [-0.1, -0.05) is 18.2 Å². The molecule has 0 saturated carbocycles. The molecule has 1 N–H and O–H groups in total. The van der Waals surface area contributed by atoms with Gasteiger partial charge in [0.2, 0.25) is 0 Å². The van der Waals surface area contributed by atoms with Crippen LogP contribution in [-0.4, -0.2) is 47.2 Å². The summed E-state index contributed by atoms with van der Waals surface area (Å²) in [4.78, 5) is 9.63. The number of benzene rings is 1. The van der Waals surface area contributed by atoms with E-state index in [9.17, 15) is 5.11 Å². The van der Waals surface area contributed by atoms with Crippen molar-refractivity contribution >= 4 is 16.6 Å². The number of hydrogen-bond donors (Lipinski definition) is 1. The Morgan fingerprint density at radius 3 is 3.00 bits per heavy atom. The highest BCUT2D eigenvalue weighted by molar-refractivity contribution is 5.92. The van der Waals surface area contributed by atoms with Gasteiger partial charge in [0.25, 0.3) is 0 Å². The van der Waals surface area contributed by atoms with Gasteiger partial charge in [-0.25, -0.2) is 0 Å². The van der Waals surface area contributed by atoms with Crippen molar-refractivity contribution < 1.29 is 5.11 Å². The van der Waals surface area contributed by atoms with Crippen LogP contribution in [0.1, 0.15) is 18.5 Å². The first-order valence-corrected chi connectivity index (χ1v) is 7.83. The summed E-state index contributed by atoms with van der Waals surface area (Å²) in [6.45, 7) is 4.57. The predicted molar refractivity (Wildman–Crippen MR) is 84.5 cm³/mol. The molecule has 1 aromatic heterocycles. The minimum atomic E-state index is 0.00122. The Balaban J connectivity index is 1.75. The summed E-state index contributed by atoms with van der Waals surface area (Å²) >= 11 is 0. The summed E-state index contributed by atoms with van der Waals surface area (Å²) in [6.07, 6.45) is 2.64. The maximum Gasteiger partial charge on any atom is 0.0854 e. The Labute approximate surface area is 125 Å². The Morgan fingerprint density at radius 2 is 2.10 bits per heavy atom. The number of aliphatic hydroxyl groups is 1. The monoisotopic (exact) mass is 283 g/mol. The number of para-hydroxylation sites is 1. The van der Waals surface area contributed by atoms with E-state index in [1.165, 1.54) is 30.5 Å². The van der Waals surface area contributed by atoms with E-state index in [-0.39, 0.29) is 6.61 Å². The zero-order valence-electron chi connectivity index (χ0n) is 12.2. The van der Waals surface area contributed by atoms with Crippen LogP contribution in [0.3, 0.4) is 0 Å². The maximum absolute atomic E-state index is 9.48. The Kier molecular flexibility index (Phi) is 3.28. The maximum atomic E-state index is 9.48. The fourth-order valence-corrected chi connectivity index (χ4v) is 3.76. The van der Waals surface area contributed by atoms with Crippen molar-refractivity contribution in [3.63, 3.8) is 0 Å². The molecule has 2 saturated heterocycles. The summed E-state index contributed by atoms with van der Waals surface area (Å²) in [5.74, 6) is 0. The molecular formula is C17H21N3O. The molecule has 4 rings (SSSR count). The van der Waals surface area contributed by atoms with Gasteiger partial charge in [0.1, 0.15) is 0 Å². The molecule has 3 heterocycles. The first-order valence-electron chi connectivity index (χ1n) is 7.83. The van der Waals surface area contributed by atoms with Crippen LogP contribution in [0.2, 0.25) is 0 Å². The van der Waals surface area contributed by atoms with Crippen LogP contribution in [-0.2, 0) is 6.61 Å². The summed E-state index contributed by atoms with van der Waals surface area (Å²) in [5.41, 5.74) is 2.97. The van der Waals surface area contributed by atoms with Gasteiger partial charge < -0.3 is 10.0 Å². The zero-order chi connectivity index (χ0) is 14.2. The van der Waals surface area contributed by atoms with E-state index in [1.807, 2.05) is 12.1 Å². The van der Waals surface area contributed by atoms with Crippen LogP contribution < -0.4 is 4.90 Å². The molecule has 2 aromatic rings. The normalized spacial score (nSPS) is 22.7. The molecule has 0 bridgehead atoms. The highest BCUT2D eigenvalue weighted by Gasteiger charge is 2.31. The number of piperazine rings is 1. The third-order valence-electron chi connectivity index (χ3n) is 4.84. The van der Waals surface area contributed by atoms with E-state index in [2.05, 4.69) is 33.0 Å². The molecule has 1 atom stereocenters. The van der Waals surface area contributed by atoms with Crippen molar-refractivity contribution in [3.05, 3.63) is 36.0 Å². The lowest BCUT2D eigenvalue weighted by Crippen LogP contribution is -2.50. The highest BCUT2D eigenvalue weighted by Crippen LogP contribution is 2.31. The molecule has 4 heteroatoms. The first kappa shape index (κ1) is 13.0. The van der Waals surface area contributed by atoms with Crippen molar-refractivity contribution in [3.8, 4) is 0 Å². The molecule has 2 aliphatic rings. The van der Waals surface area contributed by atoms with Crippen LogP contribution >= 0.6 is 0 Å². The van der Waals surface area contributed by atoms with E-state index >= 15 is 0 Å². The minimum Gasteiger partial charge on any atom is -0.390 e. The van der Waals surface area contributed by atoms with Crippen molar-refractivity contribution in [2.45, 2.75) is 25.5 Å². The molecule has 21 heavy (non-hydrogen) atoms. The van der Waals surface area contributed by atoms with Crippen molar-refractivity contribution in [2.75, 3.05) is 31.1 Å². The molecule has 0 spiro atoms. The second-order valence-electron chi connectivity index (χ2n) is 6.09. The number of hydrogen-bond acceptors (Lipinski definition) is 4. The molecule has 0 radical (unpaired) electrons. The number of anilines is 1. The fraction of sp³-hybridized carbons (Fsp3) is 0.471. The first-order chi connectivity index (χ1) is 10.3. The standard InChI is InChI=1S/C17H21N3O/c21-12-13-10-17(15-5-1-2-6-16(15)18-13)20-9-8-19-7-3-4-14(19)11-20/h1-2,5-6,10,14,21H,3-4,7-9,11-12H2. The predicted octanol–water partition coefficient (Wildman–Crippen LogP) is 2.01. The lowest BCUT2D eigenvalue weighted by Gasteiger charge is -2.39. The average molecular weight is 283 g/mol. The Morgan fingerprint density at radius 1 is 1.19 bits per heavy atom. The number of aromatic nitrogens is 1. The van der Waals surface area contributed by atoms with Crippen molar-refractivity contribution in [2.24, 2.45) is 0 Å². The number of nitrogens with zero attached hydrogens (tertiary/aromatic N) is 3. The van der Waals surface area contributed by atoms with Gasteiger partial charge in [-0.2, -0.15) is 0 Å². The molecule has 4 nitrogen and oxygen atoms in total.